The maximum absolute atomic E-state index is 13.9. The maximum Gasteiger partial charge on any atom is 0.340 e. The predicted octanol–water partition coefficient (Wildman–Crippen LogP) is 2.63. The molecule has 0 spiro atoms. The van der Waals surface area contributed by atoms with Crippen molar-refractivity contribution in [1.82, 2.24) is 0 Å². The summed E-state index contributed by atoms with van der Waals surface area (Å²) in [6.45, 7) is 1.48. The molecule has 0 aromatic heterocycles. The van der Waals surface area contributed by atoms with Gasteiger partial charge in [0.15, 0.2) is 10.9 Å². The number of hydrogen-bond acceptors (Lipinski definition) is 4. The molecule has 19 heavy (non-hydrogen) atoms. The minimum atomic E-state index is -0.728. The number of carbonyl (C=O) groups excluding carboxylic acids is 2. The molecular formula is C14H13FO3S. The summed E-state index contributed by atoms with van der Waals surface area (Å²) < 4.78 is 18.4. The Bertz CT molecular complexity index is 543. The van der Waals surface area contributed by atoms with E-state index in [1.807, 2.05) is 0 Å². The van der Waals surface area contributed by atoms with E-state index in [9.17, 15) is 14.0 Å². The van der Waals surface area contributed by atoms with Gasteiger partial charge in [-0.3, -0.25) is 4.79 Å². The highest BCUT2D eigenvalue weighted by Gasteiger charge is 2.13. The summed E-state index contributed by atoms with van der Waals surface area (Å²) in [6, 6.07) is 4.38. The van der Waals surface area contributed by atoms with Gasteiger partial charge < -0.3 is 4.74 Å². The highest BCUT2D eigenvalue weighted by atomic mass is 32.2. The Hall–Kier alpha value is -1.80. The van der Waals surface area contributed by atoms with Crippen molar-refractivity contribution in [3.8, 4) is 11.8 Å². The molecule has 1 aromatic rings. The van der Waals surface area contributed by atoms with Crippen molar-refractivity contribution >= 4 is 22.8 Å². The Kier molecular flexibility index (Phi) is 6.10. The van der Waals surface area contributed by atoms with Crippen LogP contribution in [-0.2, 0) is 9.53 Å². The largest absolute Gasteiger partial charge is 0.465 e. The topological polar surface area (TPSA) is 43.4 Å². The third kappa shape index (κ3) is 4.76. The molecule has 0 N–H and O–H groups in total. The zero-order valence-corrected chi connectivity index (χ0v) is 11.5. The molecule has 0 aliphatic carbocycles. The molecule has 0 heterocycles. The molecule has 0 saturated heterocycles. The standard InChI is InChI=1S/C14H13FO3S/c1-10(16)19-9-4-3-6-11-7-5-8-12(13(11)15)14(17)18-2/h5,7-8H,4,9H2,1-2H3. The number of methoxy groups -OCH3 is 1. The molecule has 0 fully saturated rings. The molecule has 0 saturated carbocycles. The zero-order chi connectivity index (χ0) is 14.3. The average molecular weight is 280 g/mol. The van der Waals surface area contributed by atoms with Crippen molar-refractivity contribution in [2.24, 2.45) is 0 Å². The summed E-state index contributed by atoms with van der Waals surface area (Å²) in [5.41, 5.74) is 0.0168. The second-order valence-electron chi connectivity index (χ2n) is 3.55. The van der Waals surface area contributed by atoms with Gasteiger partial charge in [-0.15, -0.1) is 0 Å². The van der Waals surface area contributed by atoms with Crippen LogP contribution in [0.4, 0.5) is 4.39 Å². The lowest BCUT2D eigenvalue weighted by Crippen LogP contribution is -2.05. The summed E-state index contributed by atoms with van der Waals surface area (Å²) in [5, 5.41) is 0.0284. The molecule has 100 valence electrons. The first-order valence-corrected chi connectivity index (χ1v) is 6.54. The van der Waals surface area contributed by atoms with Gasteiger partial charge in [0.2, 0.25) is 0 Å². The number of hydrogen-bond donors (Lipinski definition) is 0. The Balaban J connectivity index is 2.77. The molecule has 1 aromatic carbocycles. The lowest BCUT2D eigenvalue weighted by molar-refractivity contribution is -0.109. The summed E-state index contributed by atoms with van der Waals surface area (Å²) >= 11 is 1.17. The first-order chi connectivity index (χ1) is 9.06. The number of benzene rings is 1. The smallest absolute Gasteiger partial charge is 0.340 e. The van der Waals surface area contributed by atoms with E-state index in [-0.39, 0.29) is 16.2 Å². The molecule has 1 rings (SSSR count). The first kappa shape index (κ1) is 15.3. The summed E-state index contributed by atoms with van der Waals surface area (Å²) in [5.74, 6) is 4.58. The Morgan fingerprint density at radius 2 is 2.16 bits per heavy atom. The highest BCUT2D eigenvalue weighted by Crippen LogP contribution is 2.13. The number of esters is 1. The van der Waals surface area contributed by atoms with Crippen molar-refractivity contribution in [3.05, 3.63) is 35.1 Å². The molecule has 0 atom stereocenters. The fraction of sp³-hybridized carbons (Fsp3) is 0.286. The monoisotopic (exact) mass is 280 g/mol. The lowest BCUT2D eigenvalue weighted by Gasteiger charge is -2.02. The van der Waals surface area contributed by atoms with Gasteiger partial charge in [0, 0.05) is 19.1 Å². The Labute approximate surface area is 115 Å². The predicted molar refractivity (Wildman–Crippen MR) is 72.4 cm³/mol. The number of thioether (sulfide) groups is 1. The first-order valence-electron chi connectivity index (χ1n) is 5.55. The van der Waals surface area contributed by atoms with Crippen LogP contribution in [0.5, 0.6) is 0 Å². The van der Waals surface area contributed by atoms with E-state index >= 15 is 0 Å². The van der Waals surface area contributed by atoms with E-state index in [4.69, 9.17) is 0 Å². The Morgan fingerprint density at radius 1 is 1.42 bits per heavy atom. The molecule has 3 nitrogen and oxygen atoms in total. The van der Waals surface area contributed by atoms with Gasteiger partial charge in [0.25, 0.3) is 0 Å². The Morgan fingerprint density at radius 3 is 2.79 bits per heavy atom. The van der Waals surface area contributed by atoms with E-state index < -0.39 is 11.8 Å². The van der Waals surface area contributed by atoms with Gasteiger partial charge in [0.05, 0.1) is 18.2 Å². The zero-order valence-electron chi connectivity index (χ0n) is 10.7. The van der Waals surface area contributed by atoms with Crippen molar-refractivity contribution in [2.75, 3.05) is 12.9 Å². The van der Waals surface area contributed by atoms with E-state index in [1.165, 1.54) is 37.9 Å². The van der Waals surface area contributed by atoms with Crippen LogP contribution in [0.25, 0.3) is 0 Å². The molecule has 0 unspecified atom stereocenters. The van der Waals surface area contributed by atoms with E-state index in [1.54, 1.807) is 6.07 Å². The van der Waals surface area contributed by atoms with Gasteiger partial charge in [-0.05, 0) is 12.1 Å². The fourth-order valence-corrected chi connectivity index (χ4v) is 1.79. The quantitative estimate of drug-likeness (QED) is 0.485. The summed E-state index contributed by atoms with van der Waals surface area (Å²) in [6.07, 6.45) is 0.478. The summed E-state index contributed by atoms with van der Waals surface area (Å²) in [4.78, 5) is 22.0. The van der Waals surface area contributed by atoms with E-state index in [2.05, 4.69) is 16.6 Å². The van der Waals surface area contributed by atoms with Crippen LogP contribution in [0.2, 0.25) is 0 Å². The second kappa shape index (κ2) is 7.59. The van der Waals surface area contributed by atoms with Crippen LogP contribution >= 0.6 is 11.8 Å². The molecule has 0 amide bonds. The van der Waals surface area contributed by atoms with Gasteiger partial charge in [-0.1, -0.05) is 29.7 Å². The van der Waals surface area contributed by atoms with Crippen LogP contribution in [0, 0.1) is 17.7 Å². The molecular weight excluding hydrogens is 267 g/mol. The third-order valence-electron chi connectivity index (χ3n) is 2.16. The summed E-state index contributed by atoms with van der Waals surface area (Å²) in [7, 11) is 1.19. The van der Waals surface area contributed by atoms with Gasteiger partial charge >= 0.3 is 5.97 Å². The van der Waals surface area contributed by atoms with Gasteiger partial charge in [-0.2, -0.15) is 0 Å². The van der Waals surface area contributed by atoms with Gasteiger partial charge in [-0.25, -0.2) is 9.18 Å². The number of ether oxygens (including phenoxy) is 1. The second-order valence-corrected chi connectivity index (χ2v) is 4.82. The molecule has 0 aliphatic rings. The van der Waals surface area contributed by atoms with Crippen molar-refractivity contribution in [3.63, 3.8) is 0 Å². The third-order valence-corrected chi connectivity index (χ3v) is 2.97. The van der Waals surface area contributed by atoms with Crippen LogP contribution in [0.15, 0.2) is 18.2 Å². The van der Waals surface area contributed by atoms with Crippen LogP contribution in [-0.4, -0.2) is 23.9 Å². The maximum atomic E-state index is 13.9. The van der Waals surface area contributed by atoms with E-state index in [0.717, 1.165) is 0 Å². The lowest BCUT2D eigenvalue weighted by atomic mass is 10.1. The van der Waals surface area contributed by atoms with Crippen LogP contribution in [0.3, 0.4) is 0 Å². The highest BCUT2D eigenvalue weighted by molar-refractivity contribution is 8.13. The average Bonchev–Trinajstić information content (AvgIpc) is 2.39. The number of carbonyl (C=O) groups is 2. The van der Waals surface area contributed by atoms with Gasteiger partial charge in [0.1, 0.15) is 0 Å². The molecule has 0 aliphatic heterocycles. The minimum absolute atomic E-state index is 0.0284. The van der Waals surface area contributed by atoms with Crippen LogP contribution in [0.1, 0.15) is 29.3 Å². The minimum Gasteiger partial charge on any atom is -0.465 e. The van der Waals surface area contributed by atoms with Crippen molar-refractivity contribution < 1.29 is 18.7 Å². The molecule has 0 radical (unpaired) electrons. The molecule has 5 heteroatoms. The SMILES string of the molecule is COC(=O)c1cccc(C#CCCSC(C)=O)c1F. The molecule has 0 bridgehead atoms. The van der Waals surface area contributed by atoms with Crippen LogP contribution < -0.4 is 0 Å². The van der Waals surface area contributed by atoms with Crippen molar-refractivity contribution in [2.45, 2.75) is 13.3 Å². The number of halogens is 1. The normalized spacial score (nSPS) is 9.42. The van der Waals surface area contributed by atoms with Crippen molar-refractivity contribution in [1.29, 1.82) is 0 Å². The van der Waals surface area contributed by atoms with E-state index in [0.29, 0.717) is 12.2 Å². The fourth-order valence-electron chi connectivity index (χ4n) is 1.30. The number of rotatable bonds is 3.